The zero-order valence-electron chi connectivity index (χ0n) is 20.7. The fourth-order valence-electron chi connectivity index (χ4n) is 3.64. The molecular formula is C25H24ClF3N4O4S. The third kappa shape index (κ3) is 6.93. The minimum atomic E-state index is -4.51. The van der Waals surface area contributed by atoms with Gasteiger partial charge < -0.3 is 14.4 Å². The Labute approximate surface area is 225 Å². The molecule has 1 aliphatic rings. The Morgan fingerprint density at radius 2 is 1.87 bits per heavy atom. The fourth-order valence-corrected chi connectivity index (χ4v) is 4.53. The van der Waals surface area contributed by atoms with Crippen molar-refractivity contribution in [2.24, 2.45) is 0 Å². The molecule has 0 bridgehead atoms. The maximum atomic E-state index is 12.8. The molecule has 38 heavy (non-hydrogen) atoms. The highest BCUT2D eigenvalue weighted by Crippen LogP contribution is 2.35. The number of fused-ring (bicyclic) bond motifs is 1. The number of nitrogens with one attached hydrogen (secondary N) is 1. The lowest BCUT2D eigenvalue weighted by atomic mass is 9.97. The van der Waals surface area contributed by atoms with Crippen LogP contribution in [0.1, 0.15) is 52.8 Å². The van der Waals surface area contributed by atoms with E-state index in [1.54, 1.807) is 17.0 Å². The number of hydrogen-bond donors (Lipinski definition) is 1. The van der Waals surface area contributed by atoms with Gasteiger partial charge in [0.05, 0.1) is 10.6 Å². The van der Waals surface area contributed by atoms with Gasteiger partial charge in [-0.25, -0.2) is 4.79 Å². The number of halogens is 4. The molecule has 0 saturated carbocycles. The van der Waals surface area contributed by atoms with E-state index in [9.17, 15) is 22.8 Å². The highest BCUT2D eigenvalue weighted by molar-refractivity contribution is 7.15. The van der Waals surface area contributed by atoms with Gasteiger partial charge in [0.2, 0.25) is 5.13 Å². The monoisotopic (exact) mass is 568 g/mol. The van der Waals surface area contributed by atoms with Crippen LogP contribution in [-0.4, -0.2) is 39.2 Å². The number of nitrogens with zero attached hydrogens (tertiary/aromatic N) is 3. The van der Waals surface area contributed by atoms with E-state index in [1.165, 1.54) is 0 Å². The van der Waals surface area contributed by atoms with Gasteiger partial charge in [0.25, 0.3) is 5.91 Å². The molecule has 0 atom stereocenters. The number of carbonyl (C=O) groups is 2. The van der Waals surface area contributed by atoms with Crippen LogP contribution in [0.15, 0.2) is 36.4 Å². The lowest BCUT2D eigenvalue weighted by molar-refractivity contribution is -0.137. The van der Waals surface area contributed by atoms with Crippen LogP contribution in [0.4, 0.5) is 23.1 Å². The SMILES string of the molecule is CC(C)(C)OC(=O)N1CCc2cc(C(=O)Nc3nnc(COc4ccc(C(F)(F)F)cc4Cl)s3)ccc2C1. The molecule has 2 aromatic carbocycles. The number of anilines is 1. The van der Waals surface area contributed by atoms with E-state index in [-0.39, 0.29) is 34.5 Å². The van der Waals surface area contributed by atoms with Crippen molar-refractivity contribution >= 4 is 40.1 Å². The highest BCUT2D eigenvalue weighted by atomic mass is 35.5. The molecule has 8 nitrogen and oxygen atoms in total. The van der Waals surface area contributed by atoms with Crippen molar-refractivity contribution in [2.45, 2.75) is 52.1 Å². The molecule has 0 fully saturated rings. The quantitative estimate of drug-likeness (QED) is 0.386. The van der Waals surface area contributed by atoms with Gasteiger partial charge in [-0.05, 0) is 68.7 Å². The van der Waals surface area contributed by atoms with Crippen LogP contribution in [0, 0.1) is 0 Å². The summed E-state index contributed by atoms with van der Waals surface area (Å²) < 4.78 is 49.3. The fraction of sp³-hybridized carbons (Fsp3) is 0.360. The van der Waals surface area contributed by atoms with E-state index in [0.717, 1.165) is 40.7 Å². The number of ether oxygens (including phenoxy) is 2. The van der Waals surface area contributed by atoms with Crippen LogP contribution >= 0.6 is 22.9 Å². The molecule has 0 aliphatic carbocycles. The summed E-state index contributed by atoms with van der Waals surface area (Å²) in [7, 11) is 0. The Morgan fingerprint density at radius 1 is 1.11 bits per heavy atom. The topological polar surface area (TPSA) is 93.7 Å². The second-order valence-electron chi connectivity index (χ2n) is 9.52. The Balaban J connectivity index is 1.34. The molecule has 2 amide bonds. The van der Waals surface area contributed by atoms with Crippen LogP contribution < -0.4 is 10.1 Å². The Kier molecular flexibility index (Phi) is 7.84. The molecule has 4 rings (SSSR count). The summed E-state index contributed by atoms with van der Waals surface area (Å²) in [4.78, 5) is 26.8. The number of hydrogen-bond acceptors (Lipinski definition) is 7. The molecule has 3 aromatic rings. The second kappa shape index (κ2) is 10.8. The Morgan fingerprint density at radius 3 is 2.55 bits per heavy atom. The van der Waals surface area contributed by atoms with Gasteiger partial charge in [-0.2, -0.15) is 13.2 Å². The van der Waals surface area contributed by atoms with Crippen LogP contribution in [0.25, 0.3) is 0 Å². The molecule has 0 radical (unpaired) electrons. The summed E-state index contributed by atoms with van der Waals surface area (Å²) in [6.07, 6.45) is -4.29. The number of alkyl halides is 3. The van der Waals surface area contributed by atoms with Crippen molar-refractivity contribution in [3.63, 3.8) is 0 Å². The van der Waals surface area contributed by atoms with Gasteiger partial charge in [0, 0.05) is 18.7 Å². The zero-order valence-corrected chi connectivity index (χ0v) is 22.3. The van der Waals surface area contributed by atoms with Crippen molar-refractivity contribution < 1.29 is 32.2 Å². The van der Waals surface area contributed by atoms with Crippen LogP contribution in [0.2, 0.25) is 5.02 Å². The number of benzene rings is 2. The van der Waals surface area contributed by atoms with Crippen molar-refractivity contribution in [3.8, 4) is 5.75 Å². The van der Waals surface area contributed by atoms with E-state index in [4.69, 9.17) is 21.1 Å². The van der Waals surface area contributed by atoms with Gasteiger partial charge in [-0.3, -0.25) is 10.1 Å². The van der Waals surface area contributed by atoms with E-state index >= 15 is 0 Å². The minimum Gasteiger partial charge on any atom is -0.485 e. The molecular weight excluding hydrogens is 545 g/mol. The van der Waals surface area contributed by atoms with Gasteiger partial charge in [0.1, 0.15) is 18.0 Å². The lowest BCUT2D eigenvalue weighted by Crippen LogP contribution is -2.39. The molecule has 1 aliphatic heterocycles. The van der Waals surface area contributed by atoms with Gasteiger partial charge in [-0.1, -0.05) is 29.0 Å². The lowest BCUT2D eigenvalue weighted by Gasteiger charge is -2.31. The molecule has 13 heteroatoms. The summed E-state index contributed by atoms with van der Waals surface area (Å²) in [6, 6.07) is 8.07. The van der Waals surface area contributed by atoms with Crippen LogP contribution in [-0.2, 0) is 30.5 Å². The molecule has 1 aromatic heterocycles. The second-order valence-corrected chi connectivity index (χ2v) is 11.0. The first-order valence-electron chi connectivity index (χ1n) is 11.5. The first-order valence-corrected chi connectivity index (χ1v) is 12.7. The van der Waals surface area contributed by atoms with Crippen molar-refractivity contribution in [1.29, 1.82) is 0 Å². The van der Waals surface area contributed by atoms with Crippen molar-refractivity contribution in [1.82, 2.24) is 15.1 Å². The standard InChI is InChI=1S/C25H24ClF3N4O4S/c1-24(2,3)37-23(35)33-9-8-14-10-15(4-5-16(14)12-33)21(34)30-22-32-31-20(38-22)13-36-19-7-6-17(11-18(19)26)25(27,28)29/h4-7,10-11H,8-9,12-13H2,1-3H3,(H,30,32,34). The van der Waals surface area contributed by atoms with Crippen LogP contribution in [0.3, 0.4) is 0 Å². The van der Waals surface area contributed by atoms with Gasteiger partial charge in [-0.15, -0.1) is 10.2 Å². The molecule has 2 heterocycles. The first-order chi connectivity index (χ1) is 17.8. The average Bonchev–Trinajstić information content (AvgIpc) is 3.28. The predicted octanol–water partition coefficient (Wildman–Crippen LogP) is 6.33. The van der Waals surface area contributed by atoms with E-state index in [1.807, 2.05) is 26.8 Å². The summed E-state index contributed by atoms with van der Waals surface area (Å²) in [5.74, 6) is -0.309. The first kappa shape index (κ1) is 27.6. The maximum absolute atomic E-state index is 12.8. The molecule has 1 N–H and O–H groups in total. The highest BCUT2D eigenvalue weighted by Gasteiger charge is 2.31. The maximum Gasteiger partial charge on any atom is 0.416 e. The summed E-state index contributed by atoms with van der Waals surface area (Å²) >= 11 is 6.97. The molecule has 0 spiro atoms. The number of carbonyl (C=O) groups excluding carboxylic acids is 2. The number of amides is 2. The van der Waals surface area contributed by atoms with E-state index in [0.29, 0.717) is 30.1 Å². The smallest absolute Gasteiger partial charge is 0.416 e. The van der Waals surface area contributed by atoms with Crippen molar-refractivity contribution in [3.05, 3.63) is 68.7 Å². The van der Waals surface area contributed by atoms with E-state index < -0.39 is 17.3 Å². The molecule has 0 unspecified atom stereocenters. The molecule has 202 valence electrons. The Hall–Kier alpha value is -3.38. The largest absolute Gasteiger partial charge is 0.485 e. The van der Waals surface area contributed by atoms with Crippen LogP contribution in [0.5, 0.6) is 5.75 Å². The Bertz CT molecular complexity index is 1360. The predicted molar refractivity (Wildman–Crippen MR) is 135 cm³/mol. The molecule has 0 saturated heterocycles. The van der Waals surface area contributed by atoms with E-state index in [2.05, 4.69) is 15.5 Å². The third-order valence-corrected chi connectivity index (χ3v) is 6.54. The average molecular weight is 569 g/mol. The number of rotatable bonds is 5. The minimum absolute atomic E-state index is 0.0692. The number of aromatic nitrogens is 2. The normalized spacial score (nSPS) is 13.6. The third-order valence-electron chi connectivity index (χ3n) is 5.43. The summed E-state index contributed by atoms with van der Waals surface area (Å²) in [5.41, 5.74) is 0.885. The zero-order chi connectivity index (χ0) is 27.7. The summed E-state index contributed by atoms with van der Waals surface area (Å²) in [6.45, 7) is 6.24. The summed E-state index contributed by atoms with van der Waals surface area (Å²) in [5, 5.41) is 11.0. The van der Waals surface area contributed by atoms with Gasteiger partial charge >= 0.3 is 12.3 Å². The van der Waals surface area contributed by atoms with Crippen molar-refractivity contribution in [2.75, 3.05) is 11.9 Å². The van der Waals surface area contributed by atoms with Gasteiger partial charge in [0.15, 0.2) is 5.01 Å².